The molecule has 0 radical (unpaired) electrons. The highest BCUT2D eigenvalue weighted by Gasteiger charge is 2.22. The third-order valence-electron chi connectivity index (χ3n) is 3.93. The van der Waals surface area contributed by atoms with Crippen LogP contribution in [0.3, 0.4) is 0 Å². The number of thiophene rings is 1. The summed E-state index contributed by atoms with van der Waals surface area (Å²) in [5.74, 6) is -0.648. The van der Waals surface area contributed by atoms with Crippen molar-refractivity contribution in [3.05, 3.63) is 64.7 Å². The van der Waals surface area contributed by atoms with Crippen molar-refractivity contribution < 1.29 is 14.3 Å². The van der Waals surface area contributed by atoms with Crippen LogP contribution in [-0.2, 0) is 4.74 Å². The van der Waals surface area contributed by atoms with Crippen molar-refractivity contribution in [1.29, 1.82) is 0 Å². The van der Waals surface area contributed by atoms with Gasteiger partial charge in [-0.15, -0.1) is 11.3 Å². The van der Waals surface area contributed by atoms with Gasteiger partial charge in [-0.05, 0) is 38.5 Å². The molecule has 0 aliphatic rings. The molecule has 0 unspecified atom stereocenters. The van der Waals surface area contributed by atoms with Crippen LogP contribution in [0, 0.1) is 13.8 Å². The van der Waals surface area contributed by atoms with Gasteiger partial charge in [0, 0.05) is 15.6 Å². The molecule has 0 saturated carbocycles. The predicted molar refractivity (Wildman–Crippen MR) is 102 cm³/mol. The summed E-state index contributed by atoms with van der Waals surface area (Å²) in [6, 6.07) is 13.2. The van der Waals surface area contributed by atoms with Crippen LogP contribution < -0.4 is 5.32 Å². The van der Waals surface area contributed by atoms with Gasteiger partial charge in [0.15, 0.2) is 0 Å². The third-order valence-corrected chi connectivity index (χ3v) is 5.01. The first-order chi connectivity index (χ1) is 12.0. The van der Waals surface area contributed by atoms with Gasteiger partial charge in [0.05, 0.1) is 6.61 Å². The Kier molecular flexibility index (Phi) is 4.86. The number of nitrogens with one attached hydrogen (secondary N) is 1. The third kappa shape index (κ3) is 3.42. The van der Waals surface area contributed by atoms with E-state index in [2.05, 4.69) is 5.32 Å². The molecule has 0 fully saturated rings. The number of carbonyl (C=O) groups is 2. The maximum atomic E-state index is 12.7. The highest BCUT2D eigenvalue weighted by atomic mass is 32.1. The molecule has 3 rings (SSSR count). The summed E-state index contributed by atoms with van der Waals surface area (Å²) >= 11 is 1.38. The van der Waals surface area contributed by atoms with E-state index in [9.17, 15) is 9.59 Å². The maximum Gasteiger partial charge on any atom is 0.341 e. The number of carbonyl (C=O) groups excluding carboxylic acids is 2. The lowest BCUT2D eigenvalue weighted by molar-refractivity contribution is 0.0530. The first-order valence-electron chi connectivity index (χ1n) is 8.08. The summed E-state index contributed by atoms with van der Waals surface area (Å²) in [6.45, 7) is 5.94. The lowest BCUT2D eigenvalue weighted by Gasteiger charge is -2.09. The molecule has 1 N–H and O–H groups in total. The zero-order chi connectivity index (χ0) is 18.0. The summed E-state index contributed by atoms with van der Waals surface area (Å²) in [5.41, 5.74) is 3.01. The van der Waals surface area contributed by atoms with E-state index in [4.69, 9.17) is 4.74 Å². The first kappa shape index (κ1) is 17.2. The zero-order valence-corrected chi connectivity index (χ0v) is 15.2. The molecule has 5 heteroatoms. The van der Waals surface area contributed by atoms with Gasteiger partial charge < -0.3 is 10.1 Å². The molecule has 0 atom stereocenters. The van der Waals surface area contributed by atoms with E-state index in [1.165, 1.54) is 11.3 Å². The van der Waals surface area contributed by atoms with Crippen LogP contribution in [0.25, 0.3) is 10.1 Å². The molecule has 3 aromatic rings. The van der Waals surface area contributed by atoms with Gasteiger partial charge in [0.2, 0.25) is 0 Å². The fraction of sp³-hybridized carbons (Fsp3) is 0.200. The van der Waals surface area contributed by atoms with E-state index in [0.29, 0.717) is 16.1 Å². The molecular weight excluding hydrogens is 334 g/mol. The van der Waals surface area contributed by atoms with Crippen LogP contribution in [0.2, 0.25) is 0 Å². The number of benzene rings is 2. The Morgan fingerprint density at radius 3 is 2.60 bits per heavy atom. The second kappa shape index (κ2) is 7.07. The molecule has 0 bridgehead atoms. The van der Waals surface area contributed by atoms with Crippen molar-refractivity contribution in [2.24, 2.45) is 0 Å². The van der Waals surface area contributed by atoms with Crippen molar-refractivity contribution in [2.75, 3.05) is 11.9 Å². The molecule has 0 spiro atoms. The van der Waals surface area contributed by atoms with Crippen molar-refractivity contribution in [3.8, 4) is 0 Å². The fourth-order valence-corrected chi connectivity index (χ4v) is 3.86. The quantitative estimate of drug-likeness (QED) is 0.675. The van der Waals surface area contributed by atoms with Crippen LogP contribution in [0.15, 0.2) is 42.5 Å². The highest BCUT2D eigenvalue weighted by molar-refractivity contribution is 7.23. The van der Waals surface area contributed by atoms with E-state index >= 15 is 0 Å². The Morgan fingerprint density at radius 1 is 1.12 bits per heavy atom. The number of hydrogen-bond donors (Lipinski definition) is 1. The Balaban J connectivity index is 2.01. The molecule has 0 aliphatic carbocycles. The minimum atomic E-state index is -0.420. The van der Waals surface area contributed by atoms with Crippen molar-refractivity contribution in [1.82, 2.24) is 0 Å². The van der Waals surface area contributed by atoms with Crippen molar-refractivity contribution >= 4 is 38.3 Å². The van der Waals surface area contributed by atoms with Crippen LogP contribution >= 0.6 is 11.3 Å². The van der Waals surface area contributed by atoms with Gasteiger partial charge in [-0.1, -0.05) is 35.9 Å². The second-order valence-electron chi connectivity index (χ2n) is 5.80. The molecule has 1 aromatic heterocycles. The van der Waals surface area contributed by atoms with Gasteiger partial charge in [0.1, 0.15) is 10.6 Å². The van der Waals surface area contributed by atoms with Gasteiger partial charge in [-0.2, -0.15) is 0 Å². The smallest absolute Gasteiger partial charge is 0.341 e. The summed E-state index contributed by atoms with van der Waals surface area (Å²) in [6.07, 6.45) is 0. The number of fused-ring (bicyclic) bond motifs is 1. The Bertz CT molecular complexity index is 959. The normalized spacial score (nSPS) is 10.7. The van der Waals surface area contributed by atoms with Crippen LogP contribution in [0.5, 0.6) is 0 Å². The van der Waals surface area contributed by atoms with Crippen molar-refractivity contribution in [2.45, 2.75) is 20.8 Å². The van der Waals surface area contributed by atoms with Gasteiger partial charge in [-0.25, -0.2) is 4.79 Å². The second-order valence-corrected chi connectivity index (χ2v) is 6.85. The summed E-state index contributed by atoms with van der Waals surface area (Å²) in [4.78, 5) is 25.1. The zero-order valence-electron chi connectivity index (χ0n) is 14.4. The van der Waals surface area contributed by atoms with E-state index in [1.807, 2.05) is 50.2 Å². The summed E-state index contributed by atoms with van der Waals surface area (Å²) in [5, 5.41) is 4.21. The van der Waals surface area contributed by atoms with E-state index in [0.717, 1.165) is 21.2 Å². The molecule has 1 amide bonds. The summed E-state index contributed by atoms with van der Waals surface area (Å²) < 4.78 is 6.11. The number of amides is 1. The number of esters is 1. The number of ether oxygens (including phenoxy) is 1. The number of rotatable bonds is 4. The molecule has 4 nitrogen and oxygen atoms in total. The van der Waals surface area contributed by atoms with Crippen LogP contribution in [-0.4, -0.2) is 18.5 Å². The lowest BCUT2D eigenvalue weighted by atomic mass is 10.1. The average molecular weight is 353 g/mol. The lowest BCUT2D eigenvalue weighted by Crippen LogP contribution is -2.15. The molecule has 25 heavy (non-hydrogen) atoms. The Morgan fingerprint density at radius 2 is 1.88 bits per heavy atom. The Hall–Kier alpha value is -2.66. The number of aryl methyl sites for hydroxylation is 2. The number of anilines is 1. The predicted octanol–water partition coefficient (Wildman–Crippen LogP) is 4.95. The highest BCUT2D eigenvalue weighted by Crippen LogP contribution is 2.36. The molecule has 128 valence electrons. The van der Waals surface area contributed by atoms with Gasteiger partial charge in [0.25, 0.3) is 5.91 Å². The Labute approximate surface area is 150 Å². The number of hydrogen-bond acceptors (Lipinski definition) is 4. The monoisotopic (exact) mass is 353 g/mol. The van der Waals surface area contributed by atoms with Gasteiger partial charge >= 0.3 is 5.97 Å². The molecule has 0 aliphatic heterocycles. The molecule has 2 aromatic carbocycles. The minimum absolute atomic E-state index is 0.227. The van der Waals surface area contributed by atoms with Crippen LogP contribution in [0.1, 0.15) is 38.8 Å². The standard InChI is InChI=1S/C20H19NO3S/c1-4-24-20(23)17-15-7-5-6-8-16(15)25-19(17)21-18(22)14-10-9-12(2)11-13(14)3/h5-11H,4H2,1-3H3,(H,21,22). The maximum absolute atomic E-state index is 12.7. The summed E-state index contributed by atoms with van der Waals surface area (Å²) in [7, 11) is 0. The topological polar surface area (TPSA) is 55.4 Å². The molecule has 0 saturated heterocycles. The van der Waals surface area contributed by atoms with E-state index in [-0.39, 0.29) is 12.5 Å². The minimum Gasteiger partial charge on any atom is -0.462 e. The SMILES string of the molecule is CCOC(=O)c1c(NC(=O)c2ccc(C)cc2C)sc2ccccc12. The van der Waals surface area contributed by atoms with Crippen LogP contribution in [0.4, 0.5) is 5.00 Å². The van der Waals surface area contributed by atoms with E-state index in [1.54, 1.807) is 13.0 Å². The van der Waals surface area contributed by atoms with E-state index < -0.39 is 5.97 Å². The van der Waals surface area contributed by atoms with Crippen molar-refractivity contribution in [3.63, 3.8) is 0 Å². The largest absolute Gasteiger partial charge is 0.462 e. The fourth-order valence-electron chi connectivity index (χ4n) is 2.78. The van der Waals surface area contributed by atoms with Gasteiger partial charge in [-0.3, -0.25) is 4.79 Å². The molecular formula is C20H19NO3S. The molecule has 1 heterocycles. The average Bonchev–Trinajstić information content (AvgIpc) is 2.92. The first-order valence-corrected chi connectivity index (χ1v) is 8.90.